The first kappa shape index (κ1) is 21.6. The molecular formula is C23H27N5O4. The molecule has 1 aliphatic rings. The second-order valence-electron chi connectivity index (χ2n) is 7.82. The number of carbonyl (C=O) groups is 1. The van der Waals surface area contributed by atoms with Crippen LogP contribution in [0.15, 0.2) is 41.5 Å². The van der Waals surface area contributed by atoms with Gasteiger partial charge >= 0.3 is 0 Å². The van der Waals surface area contributed by atoms with Crippen molar-refractivity contribution >= 4 is 5.91 Å². The predicted molar refractivity (Wildman–Crippen MR) is 119 cm³/mol. The lowest BCUT2D eigenvalue weighted by Crippen LogP contribution is -2.31. The summed E-state index contributed by atoms with van der Waals surface area (Å²) in [6.45, 7) is 0.632. The zero-order valence-corrected chi connectivity index (χ0v) is 18.3. The standard InChI is InChI=1S/C23H27N5O4/c1-31-16-7-8-21(32-2)17(11-16)19-12-20(27-26-19)23(30)24-9-10-28-14-25-18(13-22(28)29)15-5-3-4-6-15/h7-8,11-15H,3-6,9-10H2,1-2H3,(H,24,30)(H,26,27). The van der Waals surface area contributed by atoms with Gasteiger partial charge in [0.25, 0.3) is 11.5 Å². The molecule has 1 aromatic carbocycles. The monoisotopic (exact) mass is 437 g/mol. The third-order valence-corrected chi connectivity index (χ3v) is 5.82. The Kier molecular flexibility index (Phi) is 6.53. The van der Waals surface area contributed by atoms with E-state index in [2.05, 4.69) is 20.5 Å². The molecule has 9 heteroatoms. The highest BCUT2D eigenvalue weighted by Gasteiger charge is 2.19. The van der Waals surface area contributed by atoms with Crippen molar-refractivity contribution in [3.63, 3.8) is 0 Å². The number of H-pyrrole nitrogens is 1. The summed E-state index contributed by atoms with van der Waals surface area (Å²) in [5.74, 6) is 1.37. The van der Waals surface area contributed by atoms with Crippen molar-refractivity contribution in [1.29, 1.82) is 0 Å². The van der Waals surface area contributed by atoms with Gasteiger partial charge in [-0.3, -0.25) is 19.3 Å². The lowest BCUT2D eigenvalue weighted by atomic mass is 10.0. The molecule has 0 radical (unpaired) electrons. The summed E-state index contributed by atoms with van der Waals surface area (Å²) in [5.41, 5.74) is 2.37. The van der Waals surface area contributed by atoms with Gasteiger partial charge in [0.05, 0.1) is 31.9 Å². The van der Waals surface area contributed by atoms with Crippen LogP contribution < -0.4 is 20.3 Å². The van der Waals surface area contributed by atoms with E-state index in [0.717, 1.165) is 18.5 Å². The highest BCUT2D eigenvalue weighted by molar-refractivity contribution is 5.93. The van der Waals surface area contributed by atoms with E-state index in [0.29, 0.717) is 47.5 Å². The molecule has 0 spiro atoms. The van der Waals surface area contributed by atoms with Crippen molar-refractivity contribution in [2.75, 3.05) is 20.8 Å². The maximum absolute atomic E-state index is 12.5. The molecule has 32 heavy (non-hydrogen) atoms. The molecule has 0 saturated heterocycles. The summed E-state index contributed by atoms with van der Waals surface area (Å²) in [6.07, 6.45) is 6.16. The van der Waals surface area contributed by atoms with Crippen molar-refractivity contribution in [3.8, 4) is 22.8 Å². The number of benzene rings is 1. The molecule has 168 valence electrons. The maximum atomic E-state index is 12.5. The van der Waals surface area contributed by atoms with Crippen LogP contribution in [0.3, 0.4) is 0 Å². The van der Waals surface area contributed by atoms with E-state index in [1.165, 1.54) is 17.4 Å². The Labute approximate surface area is 185 Å². The fourth-order valence-electron chi connectivity index (χ4n) is 4.03. The Balaban J connectivity index is 1.38. The summed E-state index contributed by atoms with van der Waals surface area (Å²) >= 11 is 0. The third kappa shape index (κ3) is 4.66. The second-order valence-corrected chi connectivity index (χ2v) is 7.82. The molecule has 2 N–H and O–H groups in total. The van der Waals surface area contributed by atoms with Crippen LogP contribution in [0.5, 0.6) is 11.5 Å². The van der Waals surface area contributed by atoms with Crippen LogP contribution in [-0.4, -0.2) is 46.4 Å². The van der Waals surface area contributed by atoms with Gasteiger partial charge in [0.15, 0.2) is 0 Å². The minimum Gasteiger partial charge on any atom is -0.497 e. The van der Waals surface area contributed by atoms with Gasteiger partial charge < -0.3 is 14.8 Å². The molecule has 9 nitrogen and oxygen atoms in total. The minimum atomic E-state index is -0.311. The fraction of sp³-hybridized carbons (Fsp3) is 0.391. The predicted octanol–water partition coefficient (Wildman–Crippen LogP) is 2.74. The Morgan fingerprint density at radius 3 is 2.72 bits per heavy atom. The van der Waals surface area contributed by atoms with E-state index in [4.69, 9.17) is 9.47 Å². The molecule has 1 saturated carbocycles. The first-order valence-electron chi connectivity index (χ1n) is 10.7. The Hall–Kier alpha value is -3.62. The van der Waals surface area contributed by atoms with Gasteiger partial charge in [0, 0.05) is 30.6 Å². The van der Waals surface area contributed by atoms with Crippen molar-refractivity contribution in [3.05, 3.63) is 58.4 Å². The van der Waals surface area contributed by atoms with Gasteiger partial charge in [-0.1, -0.05) is 12.8 Å². The highest BCUT2D eigenvalue weighted by atomic mass is 16.5. The number of ether oxygens (including phenoxy) is 2. The Morgan fingerprint density at radius 1 is 1.19 bits per heavy atom. The molecule has 0 atom stereocenters. The van der Waals surface area contributed by atoms with Gasteiger partial charge in [-0.05, 0) is 37.1 Å². The zero-order chi connectivity index (χ0) is 22.5. The number of hydrogen-bond acceptors (Lipinski definition) is 6. The Morgan fingerprint density at radius 2 is 2.00 bits per heavy atom. The second kappa shape index (κ2) is 9.67. The van der Waals surface area contributed by atoms with Crippen LogP contribution in [0, 0.1) is 0 Å². The molecule has 4 rings (SSSR count). The van der Waals surface area contributed by atoms with Crippen LogP contribution >= 0.6 is 0 Å². The van der Waals surface area contributed by atoms with Crippen molar-refractivity contribution in [1.82, 2.24) is 25.1 Å². The maximum Gasteiger partial charge on any atom is 0.269 e. The third-order valence-electron chi connectivity index (χ3n) is 5.82. The van der Waals surface area contributed by atoms with Crippen molar-refractivity contribution in [2.24, 2.45) is 0 Å². The van der Waals surface area contributed by atoms with Crippen molar-refractivity contribution < 1.29 is 14.3 Å². The number of hydrogen-bond donors (Lipinski definition) is 2. The van der Waals surface area contributed by atoms with E-state index in [1.807, 2.05) is 0 Å². The number of rotatable bonds is 8. The number of aromatic amines is 1. The quantitative estimate of drug-likeness (QED) is 0.561. The topological polar surface area (TPSA) is 111 Å². The van der Waals surface area contributed by atoms with Gasteiger partial charge in [-0.25, -0.2) is 4.98 Å². The van der Waals surface area contributed by atoms with E-state index >= 15 is 0 Å². The SMILES string of the molecule is COc1ccc(OC)c(-c2cc(C(=O)NCCn3cnc(C4CCCC4)cc3=O)[nH]n2)c1. The van der Waals surface area contributed by atoms with E-state index < -0.39 is 0 Å². The van der Waals surface area contributed by atoms with Gasteiger partial charge in [0.2, 0.25) is 0 Å². The van der Waals surface area contributed by atoms with Crippen LogP contribution in [0.2, 0.25) is 0 Å². The van der Waals surface area contributed by atoms with E-state index in [-0.39, 0.29) is 11.5 Å². The summed E-state index contributed by atoms with van der Waals surface area (Å²) in [4.78, 5) is 29.4. The van der Waals surface area contributed by atoms with Crippen LogP contribution in [-0.2, 0) is 6.54 Å². The summed E-state index contributed by atoms with van der Waals surface area (Å²) in [5, 5.41) is 9.79. The normalized spacial score (nSPS) is 13.8. The van der Waals surface area contributed by atoms with Crippen LogP contribution in [0.25, 0.3) is 11.3 Å². The van der Waals surface area contributed by atoms with Gasteiger partial charge in [-0.15, -0.1) is 0 Å². The Bertz CT molecular complexity index is 1150. The van der Waals surface area contributed by atoms with E-state index in [1.54, 1.807) is 50.9 Å². The fourth-order valence-corrected chi connectivity index (χ4v) is 4.03. The lowest BCUT2D eigenvalue weighted by Gasteiger charge is -2.10. The number of methoxy groups -OCH3 is 2. The molecule has 3 aromatic rings. The number of nitrogens with one attached hydrogen (secondary N) is 2. The van der Waals surface area contributed by atoms with Crippen molar-refractivity contribution in [2.45, 2.75) is 38.1 Å². The zero-order valence-electron chi connectivity index (χ0n) is 18.3. The van der Waals surface area contributed by atoms with Gasteiger partial charge in [-0.2, -0.15) is 5.10 Å². The average Bonchev–Trinajstić information content (AvgIpc) is 3.52. The first-order valence-corrected chi connectivity index (χ1v) is 10.7. The van der Waals surface area contributed by atoms with Gasteiger partial charge in [0.1, 0.15) is 17.2 Å². The van der Waals surface area contributed by atoms with E-state index in [9.17, 15) is 9.59 Å². The summed E-state index contributed by atoms with van der Waals surface area (Å²) < 4.78 is 12.2. The molecule has 1 aliphatic carbocycles. The molecule has 2 heterocycles. The average molecular weight is 438 g/mol. The molecule has 1 fully saturated rings. The summed E-state index contributed by atoms with van der Waals surface area (Å²) in [7, 11) is 3.15. The highest BCUT2D eigenvalue weighted by Crippen LogP contribution is 2.33. The lowest BCUT2D eigenvalue weighted by molar-refractivity contribution is 0.0947. The molecule has 0 bridgehead atoms. The molecule has 0 unspecified atom stereocenters. The molecular weight excluding hydrogens is 410 g/mol. The first-order chi connectivity index (χ1) is 15.6. The van der Waals surface area contributed by atoms with Crippen LogP contribution in [0.4, 0.5) is 0 Å². The molecule has 2 aromatic heterocycles. The largest absolute Gasteiger partial charge is 0.497 e. The molecule has 1 amide bonds. The number of aromatic nitrogens is 4. The molecule has 0 aliphatic heterocycles. The number of nitrogens with zero attached hydrogens (tertiary/aromatic N) is 3. The number of amides is 1. The number of carbonyl (C=O) groups excluding carboxylic acids is 1. The summed E-state index contributed by atoms with van der Waals surface area (Å²) in [6, 6.07) is 8.65. The van der Waals surface area contributed by atoms with Crippen LogP contribution in [0.1, 0.15) is 47.8 Å². The smallest absolute Gasteiger partial charge is 0.269 e. The minimum absolute atomic E-state index is 0.0925.